The predicted molar refractivity (Wildman–Crippen MR) is 105 cm³/mol. The molecule has 1 unspecified atom stereocenters. The van der Waals surface area contributed by atoms with Crippen molar-refractivity contribution in [3.8, 4) is 0 Å². The summed E-state index contributed by atoms with van der Waals surface area (Å²) in [6, 6.07) is 4.14. The summed E-state index contributed by atoms with van der Waals surface area (Å²) >= 11 is 8.36. The van der Waals surface area contributed by atoms with Crippen molar-refractivity contribution in [2.75, 3.05) is 37.7 Å². The molecular weight excluding hydrogens is 356 g/mol. The van der Waals surface area contributed by atoms with Gasteiger partial charge in [0.25, 0.3) is 0 Å². The minimum atomic E-state index is -0.0410. The van der Waals surface area contributed by atoms with Gasteiger partial charge in [0.15, 0.2) is 5.16 Å². The Morgan fingerprint density at radius 2 is 2.12 bits per heavy atom. The van der Waals surface area contributed by atoms with Gasteiger partial charge in [-0.05, 0) is 38.8 Å². The minimum absolute atomic E-state index is 0.0410. The molecule has 3 heterocycles. The van der Waals surface area contributed by atoms with Crippen LogP contribution in [0, 0.1) is 0 Å². The van der Waals surface area contributed by atoms with Crippen molar-refractivity contribution < 1.29 is 4.74 Å². The first-order chi connectivity index (χ1) is 12.0. The zero-order chi connectivity index (χ0) is 17.4. The first-order valence-electron chi connectivity index (χ1n) is 8.96. The molecule has 1 atom stereocenters. The molecule has 2 N–H and O–H groups in total. The van der Waals surface area contributed by atoms with E-state index in [1.54, 1.807) is 0 Å². The number of aromatic amines is 1. The largest absolute Gasteiger partial charge is 0.375 e. The highest BCUT2D eigenvalue weighted by Gasteiger charge is 2.30. The lowest BCUT2D eigenvalue weighted by atomic mass is 9.98. The van der Waals surface area contributed by atoms with Crippen LogP contribution in [0.3, 0.4) is 0 Å². The van der Waals surface area contributed by atoms with E-state index in [4.69, 9.17) is 21.3 Å². The highest BCUT2D eigenvalue weighted by molar-refractivity contribution is 7.99. The lowest BCUT2D eigenvalue weighted by Crippen LogP contribution is -2.43. The van der Waals surface area contributed by atoms with Crippen LogP contribution in [-0.2, 0) is 4.74 Å². The van der Waals surface area contributed by atoms with Crippen molar-refractivity contribution in [2.45, 2.75) is 42.7 Å². The van der Waals surface area contributed by atoms with Gasteiger partial charge >= 0.3 is 0 Å². The minimum Gasteiger partial charge on any atom is -0.375 e. The Hall–Kier alpha value is -0.950. The standard InChI is InChI=1S/C18H25ClN4OS/c1-18(2)11-12(3-8-24-18)25-17-21-14-9-13(19)16(10-15(14)22-17)23-6-4-20-5-7-23/h9-10,12,20H,3-8,11H2,1-2H3,(H,21,22). The molecule has 2 fully saturated rings. The number of nitrogens with one attached hydrogen (secondary N) is 2. The second kappa shape index (κ2) is 6.99. The summed E-state index contributed by atoms with van der Waals surface area (Å²) in [7, 11) is 0. The van der Waals surface area contributed by atoms with Crippen molar-refractivity contribution in [2.24, 2.45) is 0 Å². The number of anilines is 1. The van der Waals surface area contributed by atoms with E-state index in [1.165, 1.54) is 0 Å². The third kappa shape index (κ3) is 3.92. The Kier molecular flexibility index (Phi) is 4.88. The number of rotatable bonds is 3. The zero-order valence-corrected chi connectivity index (χ0v) is 16.3. The van der Waals surface area contributed by atoms with Crippen LogP contribution in [-0.4, -0.2) is 53.6 Å². The van der Waals surface area contributed by atoms with Crippen LogP contribution < -0.4 is 10.2 Å². The summed E-state index contributed by atoms with van der Waals surface area (Å²) in [5, 5.41) is 5.67. The fraction of sp³-hybridized carbons (Fsp3) is 0.611. The van der Waals surface area contributed by atoms with E-state index in [-0.39, 0.29) is 5.60 Å². The van der Waals surface area contributed by atoms with Crippen LogP contribution in [0.15, 0.2) is 17.3 Å². The molecule has 1 aromatic heterocycles. The second-order valence-electron chi connectivity index (χ2n) is 7.44. The number of thioether (sulfide) groups is 1. The number of ether oxygens (including phenoxy) is 1. The second-order valence-corrected chi connectivity index (χ2v) is 9.14. The number of hydrogen-bond donors (Lipinski definition) is 2. The zero-order valence-electron chi connectivity index (χ0n) is 14.8. The summed E-state index contributed by atoms with van der Waals surface area (Å²) < 4.78 is 5.82. The number of aromatic nitrogens is 2. The first-order valence-corrected chi connectivity index (χ1v) is 10.2. The molecule has 2 aliphatic heterocycles. The lowest BCUT2D eigenvalue weighted by Gasteiger charge is -2.34. The van der Waals surface area contributed by atoms with Gasteiger partial charge in [0, 0.05) is 38.0 Å². The third-order valence-electron chi connectivity index (χ3n) is 4.92. The first kappa shape index (κ1) is 17.5. The van der Waals surface area contributed by atoms with Gasteiger partial charge in [-0.2, -0.15) is 0 Å². The Labute approximate surface area is 157 Å². The molecule has 0 bridgehead atoms. The van der Waals surface area contributed by atoms with E-state index in [0.717, 1.165) is 72.5 Å². The molecule has 5 nitrogen and oxygen atoms in total. The maximum absolute atomic E-state index is 6.54. The molecule has 2 aromatic rings. The van der Waals surface area contributed by atoms with E-state index < -0.39 is 0 Å². The van der Waals surface area contributed by atoms with Crippen LogP contribution in [0.4, 0.5) is 5.69 Å². The van der Waals surface area contributed by atoms with Crippen LogP contribution >= 0.6 is 23.4 Å². The SMILES string of the molecule is CC1(C)CC(Sc2nc3cc(Cl)c(N4CCNCC4)cc3[nH]2)CCO1. The van der Waals surface area contributed by atoms with Gasteiger partial charge in [-0.1, -0.05) is 23.4 Å². The fourth-order valence-corrected chi connectivity index (χ4v) is 5.25. The molecule has 0 amide bonds. The van der Waals surface area contributed by atoms with Crippen LogP contribution in [0.2, 0.25) is 5.02 Å². The molecule has 4 rings (SSSR count). The normalized spacial score (nSPS) is 24.0. The van der Waals surface area contributed by atoms with Crippen LogP contribution in [0.5, 0.6) is 0 Å². The number of nitrogens with zero attached hydrogens (tertiary/aromatic N) is 2. The summed E-state index contributed by atoms with van der Waals surface area (Å²) in [4.78, 5) is 10.6. The van der Waals surface area contributed by atoms with Gasteiger partial charge in [0.2, 0.25) is 0 Å². The molecule has 25 heavy (non-hydrogen) atoms. The van der Waals surface area contributed by atoms with Gasteiger partial charge in [-0.15, -0.1) is 0 Å². The molecule has 1 aromatic carbocycles. The van der Waals surface area contributed by atoms with Crippen molar-refractivity contribution in [1.29, 1.82) is 0 Å². The molecular formula is C18H25ClN4OS. The number of fused-ring (bicyclic) bond motifs is 1. The van der Waals surface area contributed by atoms with Gasteiger partial charge < -0.3 is 19.9 Å². The molecule has 2 aliphatic rings. The maximum atomic E-state index is 6.54. The summed E-state index contributed by atoms with van der Waals surface area (Å²) in [6.45, 7) is 9.12. The third-order valence-corrected chi connectivity index (χ3v) is 6.37. The van der Waals surface area contributed by atoms with E-state index >= 15 is 0 Å². The number of halogens is 1. The monoisotopic (exact) mass is 380 g/mol. The van der Waals surface area contributed by atoms with Gasteiger partial charge in [0.05, 0.1) is 27.3 Å². The highest BCUT2D eigenvalue weighted by atomic mass is 35.5. The molecule has 7 heteroatoms. The fourth-order valence-electron chi connectivity index (χ4n) is 3.63. The number of hydrogen-bond acceptors (Lipinski definition) is 5. The van der Waals surface area contributed by atoms with Crippen LogP contribution in [0.25, 0.3) is 11.0 Å². The van der Waals surface area contributed by atoms with Gasteiger partial charge in [-0.25, -0.2) is 4.98 Å². The lowest BCUT2D eigenvalue weighted by molar-refractivity contribution is -0.0485. The predicted octanol–water partition coefficient (Wildman–Crippen LogP) is 3.68. The Morgan fingerprint density at radius 1 is 1.32 bits per heavy atom. The molecule has 0 aliphatic carbocycles. The molecule has 136 valence electrons. The van der Waals surface area contributed by atoms with E-state index in [2.05, 4.69) is 35.1 Å². The summed E-state index contributed by atoms with van der Waals surface area (Å²) in [5.74, 6) is 0. The Morgan fingerprint density at radius 3 is 2.88 bits per heavy atom. The highest BCUT2D eigenvalue weighted by Crippen LogP contribution is 2.37. The van der Waals surface area contributed by atoms with E-state index in [1.807, 2.05) is 17.8 Å². The quantitative estimate of drug-likeness (QED) is 0.850. The van der Waals surface area contributed by atoms with E-state index in [0.29, 0.717) is 5.25 Å². The smallest absolute Gasteiger partial charge is 0.166 e. The maximum Gasteiger partial charge on any atom is 0.166 e. The van der Waals surface area contributed by atoms with Crippen molar-refractivity contribution >= 4 is 40.1 Å². The number of benzene rings is 1. The van der Waals surface area contributed by atoms with Crippen molar-refractivity contribution in [3.05, 3.63) is 17.2 Å². The average molecular weight is 381 g/mol. The molecule has 0 saturated carbocycles. The number of H-pyrrole nitrogens is 1. The Bertz CT molecular complexity index is 757. The topological polar surface area (TPSA) is 53.2 Å². The van der Waals surface area contributed by atoms with Crippen LogP contribution in [0.1, 0.15) is 26.7 Å². The van der Waals surface area contributed by atoms with Crippen molar-refractivity contribution in [1.82, 2.24) is 15.3 Å². The summed E-state index contributed by atoms with van der Waals surface area (Å²) in [6.07, 6.45) is 2.11. The van der Waals surface area contributed by atoms with Gasteiger partial charge in [0.1, 0.15) is 0 Å². The molecule has 2 saturated heterocycles. The van der Waals surface area contributed by atoms with Crippen molar-refractivity contribution in [3.63, 3.8) is 0 Å². The van der Waals surface area contributed by atoms with Gasteiger partial charge in [-0.3, -0.25) is 0 Å². The average Bonchev–Trinajstić information content (AvgIpc) is 2.95. The Balaban J connectivity index is 1.55. The number of piperazine rings is 1. The van der Waals surface area contributed by atoms with E-state index in [9.17, 15) is 0 Å². The molecule has 0 spiro atoms. The summed E-state index contributed by atoms with van der Waals surface area (Å²) in [5.41, 5.74) is 3.06. The number of imidazole rings is 1. The molecule has 0 radical (unpaired) electrons.